The summed E-state index contributed by atoms with van der Waals surface area (Å²) in [4.78, 5) is 23.0. The topological polar surface area (TPSA) is 81.4 Å². The second kappa shape index (κ2) is 8.26. The van der Waals surface area contributed by atoms with E-state index in [1.807, 2.05) is 62.1 Å². The maximum Gasteiger partial charge on any atom is 0.410 e. The fourth-order valence-corrected chi connectivity index (χ4v) is 3.62. The minimum Gasteiger partial charge on any atom is -0.444 e. The predicted molar refractivity (Wildman–Crippen MR) is 112 cm³/mol. The molecule has 3 heterocycles. The van der Waals surface area contributed by atoms with Gasteiger partial charge in [0, 0.05) is 30.1 Å². The van der Waals surface area contributed by atoms with Crippen molar-refractivity contribution in [3.8, 4) is 22.8 Å². The van der Waals surface area contributed by atoms with Gasteiger partial charge in [0.2, 0.25) is 5.82 Å². The Morgan fingerprint density at radius 3 is 2.50 bits per heavy atom. The van der Waals surface area contributed by atoms with Crippen LogP contribution in [-0.2, 0) is 4.74 Å². The molecule has 1 amide bonds. The zero-order valence-corrected chi connectivity index (χ0v) is 17.5. The van der Waals surface area contributed by atoms with Crippen molar-refractivity contribution < 1.29 is 14.1 Å². The van der Waals surface area contributed by atoms with E-state index in [2.05, 4.69) is 15.1 Å². The van der Waals surface area contributed by atoms with E-state index in [4.69, 9.17) is 9.26 Å². The third-order valence-corrected chi connectivity index (χ3v) is 5.04. The summed E-state index contributed by atoms with van der Waals surface area (Å²) in [6.07, 6.45) is 6.14. The normalized spacial score (nSPS) is 17.0. The Labute approximate surface area is 176 Å². The highest BCUT2D eigenvalue weighted by Gasteiger charge is 2.31. The summed E-state index contributed by atoms with van der Waals surface area (Å²) in [5.41, 5.74) is 2.27. The van der Waals surface area contributed by atoms with Crippen molar-refractivity contribution >= 4 is 6.09 Å². The van der Waals surface area contributed by atoms with Crippen molar-refractivity contribution in [2.45, 2.75) is 51.7 Å². The number of pyridine rings is 1. The maximum absolute atomic E-state index is 12.7. The summed E-state index contributed by atoms with van der Waals surface area (Å²) in [6.45, 7) is 6.38. The molecule has 0 spiro atoms. The van der Waals surface area contributed by atoms with E-state index in [0.29, 0.717) is 18.3 Å². The number of nitrogens with zero attached hydrogens (tertiary/aromatic N) is 4. The Morgan fingerprint density at radius 2 is 1.80 bits per heavy atom. The summed E-state index contributed by atoms with van der Waals surface area (Å²) >= 11 is 0. The van der Waals surface area contributed by atoms with Crippen LogP contribution in [0.5, 0.6) is 0 Å². The Bertz CT molecular complexity index is 993. The van der Waals surface area contributed by atoms with Gasteiger partial charge in [-0.25, -0.2) is 4.79 Å². The number of carbonyl (C=O) groups excluding carboxylic acids is 1. The molecule has 1 fully saturated rings. The first-order chi connectivity index (χ1) is 14.4. The zero-order valence-electron chi connectivity index (χ0n) is 17.5. The van der Waals surface area contributed by atoms with E-state index in [9.17, 15) is 4.79 Å². The van der Waals surface area contributed by atoms with Crippen molar-refractivity contribution in [3.63, 3.8) is 0 Å². The molecule has 1 aromatic carbocycles. The number of hydrogen-bond acceptors (Lipinski definition) is 6. The van der Waals surface area contributed by atoms with E-state index in [1.54, 1.807) is 12.4 Å². The summed E-state index contributed by atoms with van der Waals surface area (Å²) in [6, 6.07) is 11.7. The average Bonchev–Trinajstić information content (AvgIpc) is 3.24. The molecule has 1 aliphatic heterocycles. The Kier molecular flexibility index (Phi) is 5.53. The average molecular weight is 406 g/mol. The van der Waals surface area contributed by atoms with Crippen molar-refractivity contribution in [3.05, 3.63) is 54.4 Å². The molecule has 1 saturated heterocycles. The van der Waals surface area contributed by atoms with Crippen molar-refractivity contribution in [2.24, 2.45) is 0 Å². The molecular weight excluding hydrogens is 380 g/mol. The standard InChI is InChI=1S/C23H26N4O3/c1-23(2,3)29-22(28)27-15-5-4-6-19(27)16-7-9-18(10-8-16)21-25-20(26-30-21)17-11-13-24-14-12-17/h7-14,19H,4-6,15H2,1-3H3. The summed E-state index contributed by atoms with van der Waals surface area (Å²) in [5.74, 6) is 0.987. The van der Waals surface area contributed by atoms with Gasteiger partial charge in [-0.05, 0) is 69.9 Å². The van der Waals surface area contributed by atoms with Gasteiger partial charge in [-0.2, -0.15) is 4.98 Å². The minimum absolute atomic E-state index is 0.0118. The van der Waals surface area contributed by atoms with Crippen LogP contribution in [-0.4, -0.2) is 38.3 Å². The number of likely N-dealkylation sites (tertiary alicyclic amines) is 1. The molecule has 7 nitrogen and oxygen atoms in total. The van der Waals surface area contributed by atoms with Crippen molar-refractivity contribution in [1.82, 2.24) is 20.0 Å². The van der Waals surface area contributed by atoms with Gasteiger partial charge >= 0.3 is 6.09 Å². The maximum atomic E-state index is 12.7. The lowest BCUT2D eigenvalue weighted by atomic mass is 9.95. The largest absolute Gasteiger partial charge is 0.444 e. The molecule has 3 aromatic rings. The lowest BCUT2D eigenvalue weighted by Gasteiger charge is -2.37. The van der Waals surface area contributed by atoms with Gasteiger partial charge in [0.1, 0.15) is 5.60 Å². The number of rotatable bonds is 3. The highest BCUT2D eigenvalue weighted by molar-refractivity contribution is 5.69. The molecule has 1 atom stereocenters. The van der Waals surface area contributed by atoms with Crippen LogP contribution in [0.25, 0.3) is 22.8 Å². The highest BCUT2D eigenvalue weighted by Crippen LogP contribution is 2.33. The number of piperidine rings is 1. The molecule has 0 aliphatic carbocycles. The van der Waals surface area contributed by atoms with Crippen LogP contribution < -0.4 is 0 Å². The number of carbonyl (C=O) groups is 1. The van der Waals surface area contributed by atoms with E-state index >= 15 is 0 Å². The summed E-state index contributed by atoms with van der Waals surface area (Å²) in [7, 11) is 0. The zero-order chi connectivity index (χ0) is 21.1. The molecule has 1 unspecified atom stereocenters. The van der Waals surface area contributed by atoms with Crippen LogP contribution in [0.2, 0.25) is 0 Å². The lowest BCUT2D eigenvalue weighted by Crippen LogP contribution is -2.41. The molecule has 30 heavy (non-hydrogen) atoms. The molecule has 0 N–H and O–H groups in total. The summed E-state index contributed by atoms with van der Waals surface area (Å²) in [5, 5.41) is 4.06. The quantitative estimate of drug-likeness (QED) is 0.590. The van der Waals surface area contributed by atoms with E-state index in [0.717, 1.165) is 36.0 Å². The first-order valence-corrected chi connectivity index (χ1v) is 10.2. The number of aromatic nitrogens is 3. The molecule has 1 aliphatic rings. The molecule has 0 bridgehead atoms. The predicted octanol–water partition coefficient (Wildman–Crippen LogP) is 5.26. The molecule has 2 aromatic heterocycles. The Morgan fingerprint density at radius 1 is 1.07 bits per heavy atom. The third kappa shape index (κ3) is 4.50. The van der Waals surface area contributed by atoms with Crippen molar-refractivity contribution in [1.29, 1.82) is 0 Å². The second-order valence-electron chi connectivity index (χ2n) is 8.47. The van der Waals surface area contributed by atoms with Gasteiger partial charge in [-0.3, -0.25) is 4.98 Å². The third-order valence-electron chi connectivity index (χ3n) is 5.04. The molecule has 7 heteroatoms. The van der Waals surface area contributed by atoms with Crippen LogP contribution in [0.3, 0.4) is 0 Å². The Balaban J connectivity index is 1.52. The SMILES string of the molecule is CC(C)(C)OC(=O)N1CCCCC1c1ccc(-c2nc(-c3ccncc3)no2)cc1. The van der Waals surface area contributed by atoms with Gasteiger partial charge in [-0.15, -0.1) is 0 Å². The number of ether oxygens (including phenoxy) is 1. The fourth-order valence-electron chi connectivity index (χ4n) is 3.62. The number of hydrogen-bond donors (Lipinski definition) is 0. The number of benzene rings is 1. The smallest absolute Gasteiger partial charge is 0.410 e. The van der Waals surface area contributed by atoms with Gasteiger partial charge in [0.05, 0.1) is 6.04 Å². The molecule has 0 saturated carbocycles. The van der Waals surface area contributed by atoms with E-state index in [1.165, 1.54) is 0 Å². The Hall–Kier alpha value is -3.22. The van der Waals surface area contributed by atoms with Gasteiger partial charge in [0.15, 0.2) is 0 Å². The minimum atomic E-state index is -0.507. The van der Waals surface area contributed by atoms with E-state index in [-0.39, 0.29) is 12.1 Å². The van der Waals surface area contributed by atoms with Crippen LogP contribution in [0.1, 0.15) is 51.6 Å². The van der Waals surface area contributed by atoms with Crippen molar-refractivity contribution in [2.75, 3.05) is 6.54 Å². The van der Waals surface area contributed by atoms with Crippen LogP contribution in [0.4, 0.5) is 4.79 Å². The monoisotopic (exact) mass is 406 g/mol. The second-order valence-corrected chi connectivity index (χ2v) is 8.47. The first-order valence-electron chi connectivity index (χ1n) is 10.2. The van der Waals surface area contributed by atoms with E-state index < -0.39 is 5.60 Å². The van der Waals surface area contributed by atoms with Crippen LogP contribution in [0, 0.1) is 0 Å². The van der Waals surface area contributed by atoms with Gasteiger partial charge in [-0.1, -0.05) is 17.3 Å². The molecular formula is C23H26N4O3. The lowest BCUT2D eigenvalue weighted by molar-refractivity contribution is 0.00951. The van der Waals surface area contributed by atoms with Crippen LogP contribution in [0.15, 0.2) is 53.3 Å². The molecule has 0 radical (unpaired) electrons. The fraction of sp³-hybridized carbons (Fsp3) is 0.391. The highest BCUT2D eigenvalue weighted by atomic mass is 16.6. The van der Waals surface area contributed by atoms with Gasteiger partial charge in [0.25, 0.3) is 5.89 Å². The first kappa shape index (κ1) is 20.1. The molecule has 156 valence electrons. The summed E-state index contributed by atoms with van der Waals surface area (Å²) < 4.78 is 11.1. The van der Waals surface area contributed by atoms with Gasteiger partial charge < -0.3 is 14.2 Å². The number of amides is 1. The van der Waals surface area contributed by atoms with Crippen LogP contribution >= 0.6 is 0 Å². The molecule has 4 rings (SSSR count).